The molecule has 31 heavy (non-hydrogen) atoms. The molecule has 6 nitrogen and oxygen atoms in total. The van der Waals surface area contributed by atoms with Gasteiger partial charge in [0.25, 0.3) is 0 Å². The van der Waals surface area contributed by atoms with Gasteiger partial charge < -0.3 is 15.1 Å². The first-order chi connectivity index (χ1) is 14.7. The summed E-state index contributed by atoms with van der Waals surface area (Å²) in [6.07, 6.45) is 0.727. The highest BCUT2D eigenvalue weighted by Gasteiger charge is 2.31. The van der Waals surface area contributed by atoms with Gasteiger partial charge in [0.2, 0.25) is 0 Å². The second kappa shape index (κ2) is 8.26. The Hall–Kier alpha value is -3.00. The first kappa shape index (κ1) is 21.2. The summed E-state index contributed by atoms with van der Waals surface area (Å²) in [6.45, 7) is 2.55. The number of amides is 2. The lowest BCUT2D eigenvalue weighted by Crippen LogP contribution is -2.55. The lowest BCUT2D eigenvalue weighted by Gasteiger charge is -2.41. The second-order valence-electron chi connectivity index (χ2n) is 7.85. The molecule has 1 aliphatic carbocycles. The zero-order valence-electron chi connectivity index (χ0n) is 16.8. The van der Waals surface area contributed by atoms with E-state index in [1.165, 1.54) is 4.90 Å². The van der Waals surface area contributed by atoms with Crippen LogP contribution in [0.4, 0.5) is 20.2 Å². The van der Waals surface area contributed by atoms with Gasteiger partial charge in [0.15, 0.2) is 0 Å². The molecule has 1 atom stereocenters. The highest BCUT2D eigenvalue weighted by molar-refractivity contribution is 6.39. The average Bonchev–Trinajstić information content (AvgIpc) is 3.10. The highest BCUT2D eigenvalue weighted by Crippen LogP contribution is 2.28. The van der Waals surface area contributed by atoms with Gasteiger partial charge in [-0.2, -0.15) is 0 Å². The third kappa shape index (κ3) is 4.25. The Balaban J connectivity index is 1.40. The van der Waals surface area contributed by atoms with E-state index < -0.39 is 28.5 Å². The Kier molecular flexibility index (Phi) is 5.66. The molecule has 1 heterocycles. The van der Waals surface area contributed by atoms with Crippen LogP contribution in [0.5, 0.6) is 0 Å². The second-order valence-corrected chi connectivity index (χ2v) is 8.22. The lowest BCUT2D eigenvalue weighted by atomic mass is 10.1. The fourth-order valence-corrected chi connectivity index (χ4v) is 4.20. The molecule has 1 saturated heterocycles. The number of benzene rings is 2. The van der Waals surface area contributed by atoms with Gasteiger partial charge in [0.1, 0.15) is 22.4 Å². The molecule has 1 fully saturated rings. The monoisotopic (exact) mass is 447 g/mol. The zero-order valence-corrected chi connectivity index (χ0v) is 17.5. The average molecular weight is 448 g/mol. The Morgan fingerprint density at radius 1 is 1.06 bits per heavy atom. The molecule has 0 spiro atoms. The highest BCUT2D eigenvalue weighted by atomic mass is 35.5. The number of anilines is 2. The molecule has 0 bridgehead atoms. The summed E-state index contributed by atoms with van der Waals surface area (Å²) in [5.74, 6) is -3.03. The van der Waals surface area contributed by atoms with Crippen molar-refractivity contribution in [1.29, 1.82) is 0 Å². The van der Waals surface area contributed by atoms with E-state index >= 15 is 0 Å². The van der Waals surface area contributed by atoms with Crippen LogP contribution in [0.25, 0.3) is 0 Å². The van der Waals surface area contributed by atoms with Gasteiger partial charge in [0.05, 0.1) is 0 Å². The van der Waals surface area contributed by atoms with E-state index in [2.05, 4.69) is 5.32 Å². The van der Waals surface area contributed by atoms with E-state index in [1.54, 1.807) is 30.0 Å². The Morgan fingerprint density at radius 2 is 1.74 bits per heavy atom. The molecule has 0 unspecified atom stereocenters. The molecular formula is C22H20ClF2N3O3. The van der Waals surface area contributed by atoms with Crippen molar-refractivity contribution in [1.82, 2.24) is 4.90 Å². The standard InChI is InChI=1S/C22H20ClF2N3O3/c1-12-11-27(4-5-28(12)16-9-18(24)20(23)19(25)10-16)22(31)21(30)26-15-3-2-13-7-17(29)8-14(13)6-15/h2-3,6,9-10,12H,4-5,7-8,11H2,1H3,(H,26,30)/t12-/m1/s1. The van der Waals surface area contributed by atoms with Gasteiger partial charge in [0, 0.05) is 49.9 Å². The van der Waals surface area contributed by atoms with Crippen LogP contribution in [-0.2, 0) is 27.2 Å². The fraction of sp³-hybridized carbons (Fsp3) is 0.318. The van der Waals surface area contributed by atoms with Crippen LogP contribution < -0.4 is 10.2 Å². The summed E-state index contributed by atoms with van der Waals surface area (Å²) in [7, 11) is 0. The number of carbonyl (C=O) groups is 3. The number of piperazine rings is 1. The number of ketones is 1. The maximum Gasteiger partial charge on any atom is 0.313 e. The van der Waals surface area contributed by atoms with Crippen molar-refractivity contribution in [3.63, 3.8) is 0 Å². The van der Waals surface area contributed by atoms with E-state index in [4.69, 9.17) is 11.6 Å². The number of carbonyl (C=O) groups excluding carboxylic acids is 3. The summed E-state index contributed by atoms with van der Waals surface area (Å²) >= 11 is 5.55. The van der Waals surface area contributed by atoms with Crippen LogP contribution >= 0.6 is 11.6 Å². The van der Waals surface area contributed by atoms with Gasteiger partial charge in [-0.25, -0.2) is 8.78 Å². The Morgan fingerprint density at radius 3 is 2.42 bits per heavy atom. The molecule has 0 saturated carbocycles. The maximum absolute atomic E-state index is 13.8. The van der Waals surface area contributed by atoms with Gasteiger partial charge in [-0.15, -0.1) is 0 Å². The molecule has 2 aromatic carbocycles. The first-order valence-electron chi connectivity index (χ1n) is 9.88. The quantitative estimate of drug-likeness (QED) is 0.567. The molecule has 2 aliphatic rings. The Bertz CT molecular complexity index is 1070. The van der Waals surface area contributed by atoms with Crippen molar-refractivity contribution in [3.05, 3.63) is 58.1 Å². The SMILES string of the molecule is C[C@@H]1CN(C(=O)C(=O)Nc2ccc3c(c2)CC(=O)C3)CCN1c1cc(F)c(Cl)c(F)c1. The van der Waals surface area contributed by atoms with Crippen LogP contribution in [-0.4, -0.2) is 48.2 Å². The molecule has 1 aliphatic heterocycles. The number of hydrogen-bond acceptors (Lipinski definition) is 4. The molecule has 162 valence electrons. The van der Waals surface area contributed by atoms with E-state index in [0.29, 0.717) is 30.8 Å². The summed E-state index contributed by atoms with van der Waals surface area (Å²) in [5, 5.41) is 2.04. The molecule has 4 rings (SSSR count). The van der Waals surface area contributed by atoms with Gasteiger partial charge in [-0.1, -0.05) is 17.7 Å². The van der Waals surface area contributed by atoms with Crippen LogP contribution in [0.15, 0.2) is 30.3 Å². The van der Waals surface area contributed by atoms with E-state index in [9.17, 15) is 23.2 Å². The summed E-state index contributed by atoms with van der Waals surface area (Å²) in [4.78, 5) is 39.8. The fourth-order valence-electron chi connectivity index (χ4n) is 4.09. The Labute approximate surface area is 182 Å². The van der Waals surface area contributed by atoms with Crippen molar-refractivity contribution >= 4 is 40.6 Å². The van der Waals surface area contributed by atoms with Gasteiger partial charge >= 0.3 is 11.8 Å². The van der Waals surface area contributed by atoms with Crippen molar-refractivity contribution in [2.24, 2.45) is 0 Å². The van der Waals surface area contributed by atoms with Gasteiger partial charge in [-0.05, 0) is 42.3 Å². The minimum atomic E-state index is -0.849. The van der Waals surface area contributed by atoms with Crippen molar-refractivity contribution in [3.8, 4) is 0 Å². The molecule has 0 radical (unpaired) electrons. The predicted octanol–water partition coefficient (Wildman–Crippen LogP) is 2.96. The number of fused-ring (bicyclic) bond motifs is 1. The number of hydrogen-bond donors (Lipinski definition) is 1. The molecular weight excluding hydrogens is 428 g/mol. The smallest absolute Gasteiger partial charge is 0.313 e. The summed E-state index contributed by atoms with van der Waals surface area (Å²) in [5.41, 5.74) is 2.59. The van der Waals surface area contributed by atoms with Crippen LogP contribution in [0.1, 0.15) is 18.1 Å². The van der Waals surface area contributed by atoms with E-state index in [0.717, 1.165) is 23.3 Å². The third-order valence-electron chi connectivity index (χ3n) is 5.65. The minimum absolute atomic E-state index is 0.127. The van der Waals surface area contributed by atoms with Gasteiger partial charge in [-0.3, -0.25) is 14.4 Å². The van der Waals surface area contributed by atoms with Crippen molar-refractivity contribution in [2.45, 2.75) is 25.8 Å². The molecule has 1 N–H and O–H groups in total. The number of nitrogens with one attached hydrogen (secondary N) is 1. The zero-order chi connectivity index (χ0) is 22.3. The van der Waals surface area contributed by atoms with Crippen molar-refractivity contribution < 1.29 is 23.2 Å². The normalized spacial score (nSPS) is 18.2. The first-order valence-corrected chi connectivity index (χ1v) is 10.3. The number of nitrogens with zero attached hydrogens (tertiary/aromatic N) is 2. The van der Waals surface area contributed by atoms with Crippen LogP contribution in [0, 0.1) is 11.6 Å². The van der Waals surface area contributed by atoms with Crippen LogP contribution in [0.3, 0.4) is 0 Å². The molecule has 0 aromatic heterocycles. The van der Waals surface area contributed by atoms with Crippen LogP contribution in [0.2, 0.25) is 5.02 Å². The molecule has 2 amide bonds. The number of rotatable bonds is 2. The number of Topliss-reactive ketones (excluding diaryl/α,β-unsaturated/α-hetero) is 1. The van der Waals surface area contributed by atoms with E-state index in [-0.39, 0.29) is 24.9 Å². The van der Waals surface area contributed by atoms with E-state index in [1.807, 2.05) is 0 Å². The minimum Gasteiger partial charge on any atom is -0.365 e. The molecule has 9 heteroatoms. The maximum atomic E-state index is 13.8. The summed E-state index contributed by atoms with van der Waals surface area (Å²) in [6, 6.07) is 7.22. The van der Waals surface area contributed by atoms with Crippen molar-refractivity contribution in [2.75, 3.05) is 29.9 Å². The molecule has 2 aromatic rings. The number of halogens is 3. The topological polar surface area (TPSA) is 69.7 Å². The predicted molar refractivity (Wildman–Crippen MR) is 112 cm³/mol. The lowest BCUT2D eigenvalue weighted by molar-refractivity contribution is -0.143. The largest absolute Gasteiger partial charge is 0.365 e. The summed E-state index contributed by atoms with van der Waals surface area (Å²) < 4.78 is 27.6. The third-order valence-corrected chi connectivity index (χ3v) is 6.01.